The van der Waals surface area contributed by atoms with Gasteiger partial charge in [0.1, 0.15) is 0 Å². The lowest BCUT2D eigenvalue weighted by Crippen LogP contribution is -2.38. The number of carbonyl (C=O) groups is 1. The highest BCUT2D eigenvalue weighted by Gasteiger charge is 2.29. The summed E-state index contributed by atoms with van der Waals surface area (Å²) in [7, 11) is 1.49. The number of hydrogen-bond acceptors (Lipinski definition) is 4. The molecule has 0 bridgehead atoms. The van der Waals surface area contributed by atoms with Gasteiger partial charge in [0.15, 0.2) is 0 Å². The summed E-state index contributed by atoms with van der Waals surface area (Å²) in [6.45, 7) is 0.294. The molecule has 2 aromatic carbocycles. The first-order valence-electron chi connectivity index (χ1n) is 11.2. The van der Waals surface area contributed by atoms with Crippen LogP contribution < -0.4 is 11.0 Å². The summed E-state index contributed by atoms with van der Waals surface area (Å²) >= 11 is 0. The molecule has 33 heavy (non-hydrogen) atoms. The number of rotatable bonds is 6. The van der Waals surface area contributed by atoms with Crippen LogP contribution in [0.3, 0.4) is 0 Å². The Morgan fingerprint density at radius 3 is 2.30 bits per heavy atom. The van der Waals surface area contributed by atoms with Gasteiger partial charge in [0.05, 0.1) is 15.9 Å². The fraction of sp³-hybridized carbons (Fsp3) is 0.417. The van der Waals surface area contributed by atoms with Crippen LogP contribution in [0.1, 0.15) is 48.0 Å². The average Bonchev–Trinajstić information content (AvgIpc) is 3.06. The van der Waals surface area contributed by atoms with E-state index in [-0.39, 0.29) is 22.5 Å². The van der Waals surface area contributed by atoms with Crippen molar-refractivity contribution in [3.8, 4) is 0 Å². The highest BCUT2D eigenvalue weighted by Crippen LogP contribution is 2.26. The summed E-state index contributed by atoms with van der Waals surface area (Å²) < 4.78 is 30.6. The van der Waals surface area contributed by atoms with Crippen molar-refractivity contribution in [2.45, 2.75) is 49.6 Å². The van der Waals surface area contributed by atoms with Gasteiger partial charge in [-0.3, -0.25) is 13.9 Å². The molecule has 1 aliphatic carbocycles. The van der Waals surface area contributed by atoms with E-state index in [2.05, 4.69) is 5.32 Å². The van der Waals surface area contributed by atoms with Crippen LogP contribution in [0.15, 0.2) is 52.2 Å². The van der Waals surface area contributed by atoms with Crippen LogP contribution in [-0.4, -0.2) is 40.9 Å². The Bertz CT molecular complexity index is 1330. The van der Waals surface area contributed by atoms with Crippen molar-refractivity contribution in [1.29, 1.82) is 0 Å². The van der Waals surface area contributed by atoms with Gasteiger partial charge in [-0.25, -0.2) is 13.2 Å². The largest absolute Gasteiger partial charge is 0.348 e. The van der Waals surface area contributed by atoms with Crippen molar-refractivity contribution in [1.82, 2.24) is 18.8 Å². The van der Waals surface area contributed by atoms with E-state index in [0.29, 0.717) is 12.1 Å². The highest BCUT2D eigenvalue weighted by molar-refractivity contribution is 7.89. The Morgan fingerprint density at radius 1 is 1.00 bits per heavy atom. The Balaban J connectivity index is 1.43. The molecule has 0 radical (unpaired) electrons. The smallest absolute Gasteiger partial charge is 0.328 e. The standard InChI is InChI=1S/C24H30N4O4S/c1-26-21-14-9-17(15-22(21)27(2)24(26)30)16-25-23(29)18-10-12-20(13-11-18)33(31,32)28(3)19-7-5-4-6-8-19/h9-15,19H,4-8,16H2,1-3H3,(H,25,29). The third-order valence-corrected chi connectivity index (χ3v) is 8.60. The van der Waals surface area contributed by atoms with Gasteiger partial charge in [-0.1, -0.05) is 25.3 Å². The molecule has 1 heterocycles. The van der Waals surface area contributed by atoms with Crippen LogP contribution in [-0.2, 0) is 30.7 Å². The van der Waals surface area contributed by atoms with Crippen molar-refractivity contribution in [2.75, 3.05) is 7.05 Å². The van der Waals surface area contributed by atoms with E-state index < -0.39 is 10.0 Å². The van der Waals surface area contributed by atoms with Crippen LogP contribution in [0.25, 0.3) is 11.0 Å². The summed E-state index contributed by atoms with van der Waals surface area (Å²) in [5, 5.41) is 2.86. The molecule has 3 aromatic rings. The number of benzene rings is 2. The molecule has 0 atom stereocenters. The third-order valence-electron chi connectivity index (χ3n) is 6.67. The van der Waals surface area contributed by atoms with E-state index in [0.717, 1.165) is 48.7 Å². The quantitative estimate of drug-likeness (QED) is 0.600. The minimum absolute atomic E-state index is 0.0353. The molecule has 1 aromatic heterocycles. The number of sulfonamides is 1. The fourth-order valence-electron chi connectivity index (χ4n) is 4.53. The van der Waals surface area contributed by atoms with Crippen LogP contribution in [0, 0.1) is 0 Å². The monoisotopic (exact) mass is 470 g/mol. The van der Waals surface area contributed by atoms with Crippen molar-refractivity contribution < 1.29 is 13.2 Å². The molecule has 0 saturated heterocycles. The van der Waals surface area contributed by atoms with Crippen LogP contribution in [0.4, 0.5) is 0 Å². The maximum absolute atomic E-state index is 13.0. The Labute approximate surface area is 193 Å². The van der Waals surface area contributed by atoms with Crippen LogP contribution in [0.2, 0.25) is 0 Å². The molecule has 1 saturated carbocycles. The lowest BCUT2D eigenvalue weighted by Gasteiger charge is -2.30. The first kappa shape index (κ1) is 23.3. The zero-order valence-corrected chi connectivity index (χ0v) is 20.1. The zero-order valence-electron chi connectivity index (χ0n) is 19.2. The minimum Gasteiger partial charge on any atom is -0.348 e. The minimum atomic E-state index is -3.59. The normalized spacial score (nSPS) is 15.3. The van der Waals surface area contributed by atoms with Crippen LogP contribution >= 0.6 is 0 Å². The van der Waals surface area contributed by atoms with Crippen molar-refractivity contribution >= 4 is 27.0 Å². The number of amides is 1. The number of fused-ring (bicyclic) bond motifs is 1. The molecule has 0 unspecified atom stereocenters. The maximum Gasteiger partial charge on any atom is 0.328 e. The number of aryl methyl sites for hydroxylation is 2. The SMILES string of the molecule is CN(C1CCCCC1)S(=O)(=O)c1ccc(C(=O)NCc2ccc3c(c2)n(C)c(=O)n3C)cc1. The lowest BCUT2D eigenvalue weighted by molar-refractivity contribution is 0.0951. The second kappa shape index (κ2) is 9.15. The predicted octanol–water partition coefficient (Wildman–Crippen LogP) is 2.76. The summed E-state index contributed by atoms with van der Waals surface area (Å²) in [6.07, 6.45) is 5.04. The molecule has 1 N–H and O–H groups in total. The van der Waals surface area contributed by atoms with E-state index in [1.54, 1.807) is 42.4 Å². The maximum atomic E-state index is 13.0. The zero-order chi connectivity index (χ0) is 23.8. The Kier molecular flexibility index (Phi) is 6.45. The first-order valence-corrected chi connectivity index (χ1v) is 12.6. The van der Waals surface area contributed by atoms with Crippen molar-refractivity contribution in [3.63, 3.8) is 0 Å². The third kappa shape index (κ3) is 4.47. The van der Waals surface area contributed by atoms with Gasteiger partial charge in [-0.15, -0.1) is 0 Å². The van der Waals surface area contributed by atoms with E-state index in [1.165, 1.54) is 16.4 Å². The number of imidazole rings is 1. The molecule has 1 fully saturated rings. The van der Waals surface area contributed by atoms with E-state index in [1.807, 2.05) is 18.2 Å². The van der Waals surface area contributed by atoms with Gasteiger partial charge in [-0.05, 0) is 54.8 Å². The van der Waals surface area contributed by atoms with E-state index >= 15 is 0 Å². The number of nitrogens with zero attached hydrogens (tertiary/aromatic N) is 3. The summed E-state index contributed by atoms with van der Waals surface area (Å²) in [4.78, 5) is 24.9. The molecule has 0 spiro atoms. The fourth-order valence-corrected chi connectivity index (χ4v) is 5.95. The lowest BCUT2D eigenvalue weighted by atomic mass is 9.96. The van der Waals surface area contributed by atoms with Crippen molar-refractivity contribution in [3.05, 3.63) is 64.1 Å². The average molecular weight is 471 g/mol. The molecule has 8 nitrogen and oxygen atoms in total. The second-order valence-corrected chi connectivity index (χ2v) is 10.7. The van der Waals surface area contributed by atoms with Gasteiger partial charge >= 0.3 is 5.69 Å². The van der Waals surface area contributed by atoms with Gasteiger partial charge in [-0.2, -0.15) is 4.31 Å². The highest BCUT2D eigenvalue weighted by atomic mass is 32.2. The van der Waals surface area contributed by atoms with Crippen LogP contribution in [0.5, 0.6) is 0 Å². The van der Waals surface area contributed by atoms with Gasteiger partial charge < -0.3 is 5.32 Å². The van der Waals surface area contributed by atoms with Gasteiger partial charge in [0.25, 0.3) is 5.91 Å². The number of nitrogens with one attached hydrogen (secondary N) is 1. The summed E-state index contributed by atoms with van der Waals surface area (Å²) in [5.74, 6) is -0.290. The van der Waals surface area contributed by atoms with E-state index in [4.69, 9.17) is 0 Å². The predicted molar refractivity (Wildman–Crippen MR) is 128 cm³/mol. The molecular weight excluding hydrogens is 440 g/mol. The Morgan fingerprint density at radius 2 is 1.64 bits per heavy atom. The molecule has 9 heteroatoms. The Hall–Kier alpha value is -2.91. The molecule has 1 aliphatic rings. The number of hydrogen-bond donors (Lipinski definition) is 1. The summed E-state index contributed by atoms with van der Waals surface area (Å²) in [6, 6.07) is 11.7. The number of carbonyl (C=O) groups excluding carboxylic acids is 1. The van der Waals surface area contributed by atoms with Gasteiger partial charge in [0, 0.05) is 39.3 Å². The topological polar surface area (TPSA) is 93.4 Å². The molecule has 176 valence electrons. The van der Waals surface area contributed by atoms with Gasteiger partial charge in [0.2, 0.25) is 10.0 Å². The molecule has 4 rings (SSSR count). The second-order valence-electron chi connectivity index (χ2n) is 8.74. The molecular formula is C24H30N4O4S. The summed E-state index contributed by atoms with van der Waals surface area (Å²) in [5.41, 5.74) is 2.78. The van der Waals surface area contributed by atoms with Crippen molar-refractivity contribution in [2.24, 2.45) is 14.1 Å². The van der Waals surface area contributed by atoms with E-state index in [9.17, 15) is 18.0 Å². The molecule has 0 aliphatic heterocycles. The number of aromatic nitrogens is 2. The molecule has 1 amide bonds. The first-order chi connectivity index (χ1) is 15.7.